The predicted octanol–water partition coefficient (Wildman–Crippen LogP) is 1.23. The Labute approximate surface area is 152 Å². The summed E-state index contributed by atoms with van der Waals surface area (Å²) in [6.45, 7) is 2.94. The van der Waals surface area contributed by atoms with Crippen LogP contribution in [0, 0.1) is 0 Å². The molecule has 1 aromatic rings. The van der Waals surface area contributed by atoms with Gasteiger partial charge in [0.2, 0.25) is 12.7 Å². The Balaban J connectivity index is 1.45. The lowest BCUT2D eigenvalue weighted by Crippen LogP contribution is -2.62. The first kappa shape index (κ1) is 17.0. The number of hydrogen-bond donors (Lipinski definition) is 2. The maximum Gasteiger partial charge on any atom is 0.321 e. The molecule has 3 aliphatic rings. The average Bonchev–Trinajstić information content (AvgIpc) is 3.01. The van der Waals surface area contributed by atoms with E-state index < -0.39 is 0 Å². The Kier molecular flexibility index (Phi) is 4.36. The van der Waals surface area contributed by atoms with Crippen molar-refractivity contribution >= 4 is 17.6 Å². The SMILES string of the molecule is CN1CCN(C(=O)Nc2ccc3c(c2)OCO3)C[C@@]12CCNC(=O)CC2. The average molecular weight is 360 g/mol. The number of nitrogens with one attached hydrogen (secondary N) is 2. The number of likely N-dealkylation sites (N-methyl/N-ethyl adjacent to an activating group) is 1. The van der Waals surface area contributed by atoms with Gasteiger partial charge in [-0.25, -0.2) is 4.79 Å². The summed E-state index contributed by atoms with van der Waals surface area (Å²) >= 11 is 0. The second-order valence-corrected chi connectivity index (χ2v) is 7.17. The van der Waals surface area contributed by atoms with Crippen molar-refractivity contribution in [2.75, 3.05) is 45.3 Å². The second-order valence-electron chi connectivity index (χ2n) is 7.17. The van der Waals surface area contributed by atoms with Crippen LogP contribution >= 0.6 is 0 Å². The van der Waals surface area contributed by atoms with Crippen LogP contribution in [0.3, 0.4) is 0 Å². The van der Waals surface area contributed by atoms with Crippen molar-refractivity contribution in [3.8, 4) is 11.5 Å². The molecule has 2 N–H and O–H groups in total. The second kappa shape index (κ2) is 6.68. The lowest BCUT2D eigenvalue weighted by Gasteiger charge is -2.49. The highest BCUT2D eigenvalue weighted by molar-refractivity contribution is 5.90. The molecule has 26 heavy (non-hydrogen) atoms. The zero-order valence-corrected chi connectivity index (χ0v) is 14.9. The molecule has 1 aromatic carbocycles. The van der Waals surface area contributed by atoms with Crippen LogP contribution in [0.4, 0.5) is 10.5 Å². The number of amides is 3. The van der Waals surface area contributed by atoms with Crippen molar-refractivity contribution in [3.63, 3.8) is 0 Å². The molecule has 140 valence electrons. The summed E-state index contributed by atoms with van der Waals surface area (Å²) in [7, 11) is 2.09. The number of fused-ring (bicyclic) bond motifs is 1. The molecule has 0 radical (unpaired) electrons. The number of nitrogens with zero attached hydrogens (tertiary/aromatic N) is 2. The van der Waals surface area contributed by atoms with Gasteiger partial charge in [0.15, 0.2) is 11.5 Å². The predicted molar refractivity (Wildman–Crippen MR) is 95.4 cm³/mol. The van der Waals surface area contributed by atoms with E-state index in [1.54, 1.807) is 12.1 Å². The molecule has 2 fully saturated rings. The van der Waals surface area contributed by atoms with Gasteiger partial charge >= 0.3 is 6.03 Å². The van der Waals surface area contributed by atoms with E-state index in [0.29, 0.717) is 43.2 Å². The topological polar surface area (TPSA) is 83.1 Å². The minimum Gasteiger partial charge on any atom is -0.454 e. The molecule has 8 heteroatoms. The summed E-state index contributed by atoms with van der Waals surface area (Å²) in [6.07, 6.45) is 2.12. The monoisotopic (exact) mass is 360 g/mol. The highest BCUT2D eigenvalue weighted by Crippen LogP contribution is 2.35. The first-order chi connectivity index (χ1) is 12.6. The van der Waals surface area contributed by atoms with Crippen molar-refractivity contribution in [1.29, 1.82) is 0 Å². The molecule has 1 spiro atoms. The number of carbonyl (C=O) groups is 2. The van der Waals surface area contributed by atoms with E-state index in [1.165, 1.54) is 0 Å². The van der Waals surface area contributed by atoms with Crippen LogP contribution in [0.25, 0.3) is 0 Å². The van der Waals surface area contributed by atoms with Gasteiger partial charge in [0.25, 0.3) is 0 Å². The van der Waals surface area contributed by atoms with E-state index in [9.17, 15) is 9.59 Å². The van der Waals surface area contributed by atoms with E-state index in [-0.39, 0.29) is 24.3 Å². The zero-order chi connectivity index (χ0) is 18.1. The smallest absolute Gasteiger partial charge is 0.321 e. The highest BCUT2D eigenvalue weighted by atomic mass is 16.7. The lowest BCUT2D eigenvalue weighted by atomic mass is 9.86. The molecule has 0 aliphatic carbocycles. The molecule has 4 rings (SSSR count). The Morgan fingerprint density at radius 1 is 1.23 bits per heavy atom. The molecule has 0 saturated carbocycles. The van der Waals surface area contributed by atoms with Crippen molar-refractivity contribution in [2.45, 2.75) is 24.8 Å². The van der Waals surface area contributed by atoms with Crippen LogP contribution in [-0.2, 0) is 4.79 Å². The first-order valence-electron chi connectivity index (χ1n) is 8.99. The molecule has 8 nitrogen and oxygen atoms in total. The molecular formula is C18H24N4O4. The summed E-state index contributed by atoms with van der Waals surface area (Å²) in [5, 5.41) is 5.89. The molecule has 0 bridgehead atoms. The third-order valence-corrected chi connectivity index (χ3v) is 5.64. The Hall–Kier alpha value is -2.48. The van der Waals surface area contributed by atoms with Crippen LogP contribution in [0.1, 0.15) is 19.3 Å². The number of anilines is 1. The Morgan fingerprint density at radius 3 is 2.96 bits per heavy atom. The maximum absolute atomic E-state index is 12.8. The molecular weight excluding hydrogens is 336 g/mol. The molecule has 2 saturated heterocycles. The quantitative estimate of drug-likeness (QED) is 0.787. The van der Waals surface area contributed by atoms with E-state index in [1.807, 2.05) is 11.0 Å². The van der Waals surface area contributed by atoms with Gasteiger partial charge in [0.1, 0.15) is 0 Å². The van der Waals surface area contributed by atoms with Crippen molar-refractivity contribution in [2.24, 2.45) is 0 Å². The lowest BCUT2D eigenvalue weighted by molar-refractivity contribution is -0.121. The van der Waals surface area contributed by atoms with Gasteiger partial charge in [-0.2, -0.15) is 0 Å². The summed E-state index contributed by atoms with van der Waals surface area (Å²) in [5.41, 5.74) is 0.536. The fraction of sp³-hybridized carbons (Fsp3) is 0.556. The molecule has 3 aliphatic heterocycles. The third kappa shape index (κ3) is 3.16. The van der Waals surface area contributed by atoms with Crippen LogP contribution in [-0.4, -0.2) is 67.3 Å². The van der Waals surface area contributed by atoms with Crippen molar-refractivity contribution < 1.29 is 19.1 Å². The molecule has 0 aromatic heterocycles. The summed E-state index contributed by atoms with van der Waals surface area (Å²) in [4.78, 5) is 28.7. The number of piperazine rings is 1. The van der Waals surface area contributed by atoms with Crippen LogP contribution < -0.4 is 20.1 Å². The Bertz CT molecular complexity index is 725. The molecule has 3 amide bonds. The van der Waals surface area contributed by atoms with E-state index >= 15 is 0 Å². The maximum atomic E-state index is 12.8. The van der Waals surface area contributed by atoms with Crippen LogP contribution in [0.5, 0.6) is 11.5 Å². The normalized spacial score (nSPS) is 25.7. The molecule has 1 atom stereocenters. The minimum atomic E-state index is -0.149. The van der Waals surface area contributed by atoms with Gasteiger partial charge in [-0.05, 0) is 32.0 Å². The number of rotatable bonds is 1. The number of benzene rings is 1. The highest BCUT2D eigenvalue weighted by Gasteiger charge is 2.42. The zero-order valence-electron chi connectivity index (χ0n) is 14.9. The summed E-state index contributed by atoms with van der Waals surface area (Å²) in [6, 6.07) is 5.26. The van der Waals surface area contributed by atoms with Crippen LogP contribution in [0.15, 0.2) is 18.2 Å². The van der Waals surface area contributed by atoms with Gasteiger partial charge in [-0.15, -0.1) is 0 Å². The summed E-state index contributed by atoms with van der Waals surface area (Å²) in [5.74, 6) is 1.43. The third-order valence-electron chi connectivity index (χ3n) is 5.64. The fourth-order valence-electron chi connectivity index (χ4n) is 3.95. The van der Waals surface area contributed by atoms with Gasteiger partial charge in [-0.1, -0.05) is 0 Å². The Morgan fingerprint density at radius 2 is 2.08 bits per heavy atom. The number of carbonyl (C=O) groups excluding carboxylic acids is 2. The first-order valence-corrected chi connectivity index (χ1v) is 8.99. The minimum absolute atomic E-state index is 0.0946. The fourth-order valence-corrected chi connectivity index (χ4v) is 3.95. The van der Waals surface area contributed by atoms with Gasteiger partial charge in [-0.3, -0.25) is 9.69 Å². The van der Waals surface area contributed by atoms with Crippen molar-refractivity contribution in [3.05, 3.63) is 18.2 Å². The van der Waals surface area contributed by atoms with Gasteiger partial charge in [0.05, 0.1) is 0 Å². The number of urea groups is 1. The molecule has 0 unspecified atom stereocenters. The van der Waals surface area contributed by atoms with E-state index in [0.717, 1.165) is 19.4 Å². The van der Waals surface area contributed by atoms with E-state index in [2.05, 4.69) is 22.6 Å². The van der Waals surface area contributed by atoms with Crippen molar-refractivity contribution in [1.82, 2.24) is 15.1 Å². The molecule has 3 heterocycles. The van der Waals surface area contributed by atoms with Gasteiger partial charge in [0, 0.05) is 49.9 Å². The number of ether oxygens (including phenoxy) is 2. The number of hydrogen-bond acceptors (Lipinski definition) is 5. The summed E-state index contributed by atoms with van der Waals surface area (Å²) < 4.78 is 10.7. The van der Waals surface area contributed by atoms with Gasteiger partial charge < -0.3 is 25.0 Å². The largest absolute Gasteiger partial charge is 0.454 e. The van der Waals surface area contributed by atoms with E-state index in [4.69, 9.17) is 9.47 Å². The van der Waals surface area contributed by atoms with Crippen LogP contribution in [0.2, 0.25) is 0 Å². The standard InChI is InChI=1S/C18H24N4O4/c1-21-8-9-22(11-18(21)5-4-16(23)19-7-6-18)17(24)20-13-2-3-14-15(10-13)26-12-25-14/h2-3,10H,4-9,11-12H2,1H3,(H,19,23)(H,20,24)/t18-/m1/s1.